The van der Waals surface area contributed by atoms with E-state index in [2.05, 4.69) is 15.4 Å². The number of hydrogen-bond donors (Lipinski definition) is 1. The summed E-state index contributed by atoms with van der Waals surface area (Å²) in [6, 6.07) is 5.81. The molecule has 16 heavy (non-hydrogen) atoms. The lowest BCUT2D eigenvalue weighted by molar-refractivity contribution is 0.0457. The Balaban J connectivity index is 2.02. The van der Waals surface area contributed by atoms with Crippen LogP contribution in [0.3, 0.4) is 0 Å². The molecule has 2 aromatic heterocycles. The van der Waals surface area contributed by atoms with Crippen molar-refractivity contribution in [2.45, 2.75) is 13.5 Å². The number of rotatable bonds is 5. The van der Waals surface area contributed by atoms with Gasteiger partial charge in [-0.05, 0) is 19.1 Å². The molecule has 5 heteroatoms. The van der Waals surface area contributed by atoms with Gasteiger partial charge in [-0.15, -0.1) is 11.3 Å². The van der Waals surface area contributed by atoms with Gasteiger partial charge in [0.2, 0.25) is 0 Å². The van der Waals surface area contributed by atoms with Crippen LogP contribution in [-0.4, -0.2) is 16.6 Å². The van der Waals surface area contributed by atoms with Crippen LogP contribution in [0.4, 0.5) is 0 Å². The number of nitrogens with one attached hydrogen (secondary N) is 1. The lowest BCUT2D eigenvalue weighted by Crippen LogP contribution is -2.13. The van der Waals surface area contributed by atoms with Gasteiger partial charge in [0, 0.05) is 11.6 Å². The molecule has 4 nitrogen and oxygen atoms in total. The second-order valence-electron chi connectivity index (χ2n) is 3.11. The first-order valence-electron chi connectivity index (χ1n) is 5.10. The molecule has 2 heterocycles. The van der Waals surface area contributed by atoms with Gasteiger partial charge in [-0.25, -0.2) is 4.98 Å². The van der Waals surface area contributed by atoms with Crippen LogP contribution in [0.5, 0.6) is 0 Å². The van der Waals surface area contributed by atoms with Crippen LogP contribution in [0.2, 0.25) is 0 Å². The molecule has 0 aliphatic rings. The maximum atomic E-state index is 5.05. The fraction of sp³-hybridized carbons (Fsp3) is 0.273. The minimum Gasteiger partial charge on any atom is -0.302 e. The third kappa shape index (κ3) is 2.85. The molecule has 0 unspecified atom stereocenters. The first-order valence-corrected chi connectivity index (χ1v) is 5.98. The molecule has 0 saturated heterocycles. The van der Waals surface area contributed by atoms with E-state index in [-0.39, 0.29) is 0 Å². The normalized spacial score (nSPS) is 10.6. The Labute approximate surface area is 98.3 Å². The summed E-state index contributed by atoms with van der Waals surface area (Å²) < 4.78 is 0. The summed E-state index contributed by atoms with van der Waals surface area (Å²) in [5.41, 5.74) is 4.72. The highest BCUT2D eigenvalue weighted by molar-refractivity contribution is 7.13. The highest BCUT2D eigenvalue weighted by Gasteiger charge is 2.04. The third-order valence-corrected chi connectivity index (χ3v) is 2.85. The molecule has 0 bridgehead atoms. The summed E-state index contributed by atoms with van der Waals surface area (Å²) >= 11 is 1.59. The van der Waals surface area contributed by atoms with Crippen LogP contribution in [0.1, 0.15) is 12.6 Å². The second-order valence-corrected chi connectivity index (χ2v) is 3.97. The molecule has 0 aliphatic carbocycles. The van der Waals surface area contributed by atoms with E-state index in [1.807, 2.05) is 30.5 Å². The Kier molecular flexibility index (Phi) is 3.98. The topological polar surface area (TPSA) is 47.0 Å². The fourth-order valence-corrected chi connectivity index (χ4v) is 2.02. The summed E-state index contributed by atoms with van der Waals surface area (Å²) in [7, 11) is 0. The fourth-order valence-electron chi connectivity index (χ4n) is 1.22. The number of nitrogens with zero attached hydrogens (tertiary/aromatic N) is 2. The average molecular weight is 235 g/mol. The molecule has 2 rings (SSSR count). The van der Waals surface area contributed by atoms with Crippen LogP contribution in [0, 0.1) is 0 Å². The zero-order chi connectivity index (χ0) is 11.2. The molecular weight excluding hydrogens is 222 g/mol. The number of aromatic nitrogens is 2. The van der Waals surface area contributed by atoms with Crippen molar-refractivity contribution in [1.29, 1.82) is 0 Å². The van der Waals surface area contributed by atoms with Crippen molar-refractivity contribution in [2.24, 2.45) is 0 Å². The van der Waals surface area contributed by atoms with Crippen molar-refractivity contribution < 1.29 is 4.84 Å². The van der Waals surface area contributed by atoms with E-state index in [0.29, 0.717) is 13.2 Å². The predicted molar refractivity (Wildman–Crippen MR) is 63.8 cm³/mol. The smallest absolute Gasteiger partial charge is 0.142 e. The summed E-state index contributed by atoms with van der Waals surface area (Å²) in [5.74, 6) is 0. The molecular formula is C11H13N3OS. The maximum Gasteiger partial charge on any atom is 0.142 e. The molecule has 0 aliphatic heterocycles. The van der Waals surface area contributed by atoms with Gasteiger partial charge in [0.1, 0.15) is 5.01 Å². The Bertz CT molecular complexity index is 430. The van der Waals surface area contributed by atoms with Crippen molar-refractivity contribution in [3.8, 4) is 10.7 Å². The number of thiazole rings is 1. The summed E-state index contributed by atoms with van der Waals surface area (Å²) in [5, 5.41) is 2.95. The number of hydroxylamine groups is 1. The van der Waals surface area contributed by atoms with Gasteiger partial charge in [-0.2, -0.15) is 5.48 Å². The van der Waals surface area contributed by atoms with Gasteiger partial charge in [-0.1, -0.05) is 6.07 Å². The van der Waals surface area contributed by atoms with Gasteiger partial charge in [0.15, 0.2) is 0 Å². The van der Waals surface area contributed by atoms with E-state index >= 15 is 0 Å². The summed E-state index contributed by atoms with van der Waals surface area (Å²) in [6.45, 7) is 3.21. The van der Waals surface area contributed by atoms with E-state index in [4.69, 9.17) is 4.84 Å². The van der Waals surface area contributed by atoms with Crippen LogP contribution >= 0.6 is 11.3 Å². The molecule has 0 atom stereocenters. The Morgan fingerprint density at radius 2 is 2.38 bits per heavy atom. The Morgan fingerprint density at radius 1 is 1.44 bits per heavy atom. The zero-order valence-corrected chi connectivity index (χ0v) is 9.83. The van der Waals surface area contributed by atoms with Gasteiger partial charge in [0.05, 0.1) is 24.5 Å². The molecule has 2 aromatic rings. The van der Waals surface area contributed by atoms with E-state index in [1.54, 1.807) is 17.5 Å². The number of hydrogen-bond acceptors (Lipinski definition) is 5. The highest BCUT2D eigenvalue weighted by atomic mass is 32.1. The van der Waals surface area contributed by atoms with Crippen molar-refractivity contribution in [2.75, 3.05) is 6.61 Å². The number of pyridine rings is 1. The van der Waals surface area contributed by atoms with Crippen molar-refractivity contribution in [3.05, 3.63) is 35.5 Å². The van der Waals surface area contributed by atoms with E-state index in [0.717, 1.165) is 16.4 Å². The summed E-state index contributed by atoms with van der Waals surface area (Å²) in [4.78, 5) is 13.8. The maximum absolute atomic E-state index is 5.05. The van der Waals surface area contributed by atoms with Gasteiger partial charge in [0.25, 0.3) is 0 Å². The van der Waals surface area contributed by atoms with Crippen molar-refractivity contribution >= 4 is 11.3 Å². The van der Waals surface area contributed by atoms with Crippen LogP contribution in [0.15, 0.2) is 29.8 Å². The van der Waals surface area contributed by atoms with Crippen LogP contribution in [-0.2, 0) is 11.4 Å². The van der Waals surface area contributed by atoms with Gasteiger partial charge >= 0.3 is 0 Å². The first-order chi connectivity index (χ1) is 7.90. The van der Waals surface area contributed by atoms with Crippen molar-refractivity contribution in [3.63, 3.8) is 0 Å². The second kappa shape index (κ2) is 5.69. The molecule has 84 valence electrons. The van der Waals surface area contributed by atoms with E-state index in [9.17, 15) is 0 Å². The molecule has 0 aromatic carbocycles. The molecule has 0 radical (unpaired) electrons. The highest BCUT2D eigenvalue weighted by Crippen LogP contribution is 2.20. The molecule has 1 N–H and O–H groups in total. The summed E-state index contributed by atoms with van der Waals surface area (Å²) in [6.07, 6.45) is 1.77. The monoisotopic (exact) mass is 235 g/mol. The minimum absolute atomic E-state index is 0.622. The van der Waals surface area contributed by atoms with E-state index in [1.165, 1.54) is 0 Å². The van der Waals surface area contributed by atoms with E-state index < -0.39 is 0 Å². The zero-order valence-electron chi connectivity index (χ0n) is 9.01. The quantitative estimate of drug-likeness (QED) is 0.638. The van der Waals surface area contributed by atoms with Crippen LogP contribution < -0.4 is 5.48 Å². The lowest BCUT2D eigenvalue weighted by Gasteiger charge is -1.99. The third-order valence-electron chi connectivity index (χ3n) is 1.94. The lowest BCUT2D eigenvalue weighted by atomic mass is 10.4. The Hall–Kier alpha value is -1.30. The molecule has 0 fully saturated rings. The standard InChI is InChI=1S/C11H13N3OS/c1-2-15-13-7-9-8-16-11(14-9)10-5-3-4-6-12-10/h3-6,8,13H,2,7H2,1H3. The molecule has 0 spiro atoms. The van der Waals surface area contributed by atoms with Crippen molar-refractivity contribution in [1.82, 2.24) is 15.4 Å². The Morgan fingerprint density at radius 3 is 3.12 bits per heavy atom. The largest absolute Gasteiger partial charge is 0.302 e. The molecule has 0 amide bonds. The van der Waals surface area contributed by atoms with Gasteiger partial charge < -0.3 is 4.84 Å². The minimum atomic E-state index is 0.622. The first kappa shape index (κ1) is 11.2. The SMILES string of the molecule is CCONCc1csc(-c2ccccn2)n1. The molecule has 0 saturated carbocycles. The van der Waals surface area contributed by atoms with Gasteiger partial charge in [-0.3, -0.25) is 4.98 Å². The predicted octanol–water partition coefficient (Wildman–Crippen LogP) is 2.25. The average Bonchev–Trinajstić information content (AvgIpc) is 2.79. The van der Waals surface area contributed by atoms with Crippen LogP contribution in [0.25, 0.3) is 10.7 Å².